The summed E-state index contributed by atoms with van der Waals surface area (Å²) < 4.78 is 25.4. The summed E-state index contributed by atoms with van der Waals surface area (Å²) in [5, 5.41) is 0. The maximum Gasteiger partial charge on any atom is 0.246 e. The van der Waals surface area contributed by atoms with Crippen molar-refractivity contribution in [3.63, 3.8) is 0 Å². The van der Waals surface area contributed by atoms with E-state index in [1.54, 1.807) is 18.2 Å². The van der Waals surface area contributed by atoms with E-state index in [1.807, 2.05) is 19.9 Å². The molecule has 0 spiro atoms. The Bertz CT molecular complexity index is 833. The summed E-state index contributed by atoms with van der Waals surface area (Å²) in [5.74, 6) is 0.409. The lowest BCUT2D eigenvalue weighted by Crippen LogP contribution is -2.29. The van der Waals surface area contributed by atoms with Crippen molar-refractivity contribution in [1.29, 1.82) is 0 Å². The van der Waals surface area contributed by atoms with E-state index in [2.05, 4.69) is 13.8 Å². The van der Waals surface area contributed by atoms with Crippen LogP contribution in [0.5, 0.6) is 11.5 Å². The number of fused-ring (bicyclic) bond motifs is 1. The molecule has 0 aromatic heterocycles. The molecular formula is C21H21FO3. The molecule has 1 aliphatic rings. The first-order valence-corrected chi connectivity index (χ1v) is 8.29. The van der Waals surface area contributed by atoms with Crippen molar-refractivity contribution in [2.45, 2.75) is 39.4 Å². The Hall–Kier alpha value is -2.62. The highest BCUT2D eigenvalue weighted by atomic mass is 19.1. The van der Waals surface area contributed by atoms with Crippen molar-refractivity contribution in [3.05, 3.63) is 53.4 Å². The van der Waals surface area contributed by atoms with E-state index < -0.39 is 5.79 Å². The van der Waals surface area contributed by atoms with Crippen LogP contribution in [0.4, 0.5) is 4.39 Å². The summed E-state index contributed by atoms with van der Waals surface area (Å²) in [4.78, 5) is 10.9. The molecule has 0 fully saturated rings. The van der Waals surface area contributed by atoms with Gasteiger partial charge in [-0.2, -0.15) is 0 Å². The van der Waals surface area contributed by atoms with Crippen LogP contribution in [0.15, 0.2) is 36.4 Å². The summed E-state index contributed by atoms with van der Waals surface area (Å²) in [7, 11) is 0. The number of benzene rings is 2. The van der Waals surface area contributed by atoms with E-state index in [-0.39, 0.29) is 11.7 Å². The molecule has 0 bridgehead atoms. The second-order valence-electron chi connectivity index (χ2n) is 6.84. The minimum absolute atomic E-state index is 0.211. The number of ether oxygens (including phenoxy) is 2. The van der Waals surface area contributed by atoms with Crippen LogP contribution >= 0.6 is 0 Å². The summed E-state index contributed by atoms with van der Waals surface area (Å²) in [5.41, 5.74) is 3.54. The van der Waals surface area contributed by atoms with Crippen molar-refractivity contribution in [3.8, 4) is 22.6 Å². The minimum Gasteiger partial charge on any atom is -0.449 e. The van der Waals surface area contributed by atoms with Gasteiger partial charge in [0.2, 0.25) is 5.79 Å². The topological polar surface area (TPSA) is 35.5 Å². The van der Waals surface area contributed by atoms with Gasteiger partial charge in [-0.3, -0.25) is 4.79 Å². The zero-order chi connectivity index (χ0) is 18.2. The zero-order valence-electron chi connectivity index (χ0n) is 14.8. The number of aldehydes is 1. The first-order chi connectivity index (χ1) is 11.8. The number of hydrogen-bond donors (Lipinski definition) is 0. The summed E-state index contributed by atoms with van der Waals surface area (Å²) in [6.45, 7) is 7.85. The summed E-state index contributed by atoms with van der Waals surface area (Å²) >= 11 is 0. The summed E-state index contributed by atoms with van der Waals surface area (Å²) in [6.07, 6.45) is 3.98. The molecule has 0 saturated carbocycles. The van der Waals surface area contributed by atoms with Crippen molar-refractivity contribution >= 4 is 12.4 Å². The standard InChI is InChI=1S/C21H21FO3/c1-13(2)17-12-18-20(25-21(3,4)24-18)19(16(17)6-5-11-23)14-7-9-15(22)10-8-14/h5-13H,1-4H3/b6-5+. The Balaban J connectivity index is 2.34. The molecule has 130 valence electrons. The molecule has 0 radical (unpaired) electrons. The molecule has 2 aromatic rings. The lowest BCUT2D eigenvalue weighted by molar-refractivity contribution is -0.104. The van der Waals surface area contributed by atoms with Gasteiger partial charge in [0.15, 0.2) is 11.5 Å². The van der Waals surface area contributed by atoms with Gasteiger partial charge in [0.1, 0.15) is 12.1 Å². The molecule has 0 N–H and O–H groups in total. The van der Waals surface area contributed by atoms with Crippen molar-refractivity contribution in [2.24, 2.45) is 0 Å². The molecule has 3 nitrogen and oxygen atoms in total. The molecule has 1 aliphatic heterocycles. The van der Waals surface area contributed by atoms with Crippen molar-refractivity contribution in [1.82, 2.24) is 0 Å². The SMILES string of the molecule is CC(C)c1cc2c(c(-c3ccc(F)cc3)c1/C=C/C=O)OC(C)(C)O2. The van der Waals surface area contributed by atoms with Crippen LogP contribution in [-0.4, -0.2) is 12.1 Å². The molecular weight excluding hydrogens is 319 g/mol. The Morgan fingerprint density at radius 3 is 2.40 bits per heavy atom. The second-order valence-corrected chi connectivity index (χ2v) is 6.84. The highest BCUT2D eigenvalue weighted by Crippen LogP contribution is 2.50. The van der Waals surface area contributed by atoms with Gasteiger partial charge in [-0.05, 0) is 46.9 Å². The molecule has 3 rings (SSSR count). The van der Waals surface area contributed by atoms with Crippen LogP contribution in [0.3, 0.4) is 0 Å². The molecule has 2 aromatic carbocycles. The van der Waals surface area contributed by atoms with E-state index in [1.165, 1.54) is 18.2 Å². The maximum absolute atomic E-state index is 13.4. The third kappa shape index (κ3) is 3.29. The van der Waals surface area contributed by atoms with E-state index in [9.17, 15) is 9.18 Å². The molecule has 0 atom stereocenters. The highest BCUT2D eigenvalue weighted by molar-refractivity contribution is 5.88. The number of rotatable bonds is 4. The molecule has 0 aliphatic carbocycles. The van der Waals surface area contributed by atoms with Crippen LogP contribution in [0.2, 0.25) is 0 Å². The summed E-state index contributed by atoms with van der Waals surface area (Å²) in [6, 6.07) is 8.21. The molecule has 25 heavy (non-hydrogen) atoms. The number of halogens is 1. The van der Waals surface area contributed by atoms with E-state index in [4.69, 9.17) is 9.47 Å². The number of carbonyl (C=O) groups is 1. The molecule has 0 saturated heterocycles. The van der Waals surface area contributed by atoms with Gasteiger partial charge in [-0.15, -0.1) is 0 Å². The molecule has 4 heteroatoms. The first kappa shape index (κ1) is 17.2. The Morgan fingerprint density at radius 2 is 1.80 bits per heavy atom. The first-order valence-electron chi connectivity index (χ1n) is 8.29. The van der Waals surface area contributed by atoms with E-state index >= 15 is 0 Å². The average molecular weight is 340 g/mol. The quantitative estimate of drug-likeness (QED) is 0.557. The van der Waals surface area contributed by atoms with Crippen LogP contribution in [0, 0.1) is 5.82 Å². The molecule has 0 unspecified atom stereocenters. The lowest BCUT2D eigenvalue weighted by atomic mass is 9.88. The lowest BCUT2D eigenvalue weighted by Gasteiger charge is -2.18. The smallest absolute Gasteiger partial charge is 0.246 e. The van der Waals surface area contributed by atoms with Crippen LogP contribution in [0.25, 0.3) is 17.2 Å². The van der Waals surface area contributed by atoms with Crippen LogP contribution < -0.4 is 9.47 Å². The predicted octanol–water partition coefficient (Wildman–Crippen LogP) is 5.34. The number of hydrogen-bond acceptors (Lipinski definition) is 3. The van der Waals surface area contributed by atoms with Crippen LogP contribution in [0.1, 0.15) is 44.7 Å². The second kappa shape index (κ2) is 6.36. The van der Waals surface area contributed by atoms with Gasteiger partial charge in [-0.25, -0.2) is 4.39 Å². The van der Waals surface area contributed by atoms with E-state index in [0.717, 1.165) is 28.5 Å². The van der Waals surface area contributed by atoms with Gasteiger partial charge in [0, 0.05) is 19.4 Å². The number of carbonyl (C=O) groups excluding carboxylic acids is 1. The fourth-order valence-electron chi connectivity index (χ4n) is 3.08. The maximum atomic E-state index is 13.4. The monoisotopic (exact) mass is 340 g/mol. The Kier molecular flexibility index (Phi) is 4.38. The third-order valence-corrected chi connectivity index (χ3v) is 4.12. The van der Waals surface area contributed by atoms with E-state index in [0.29, 0.717) is 11.5 Å². The predicted molar refractivity (Wildman–Crippen MR) is 96.4 cm³/mol. The largest absolute Gasteiger partial charge is 0.449 e. The highest BCUT2D eigenvalue weighted by Gasteiger charge is 2.36. The third-order valence-electron chi connectivity index (χ3n) is 4.12. The van der Waals surface area contributed by atoms with Gasteiger partial charge in [-0.1, -0.05) is 32.1 Å². The van der Waals surface area contributed by atoms with Gasteiger partial charge in [0.25, 0.3) is 0 Å². The van der Waals surface area contributed by atoms with Crippen molar-refractivity contribution in [2.75, 3.05) is 0 Å². The molecule has 1 heterocycles. The normalized spacial score (nSPS) is 15.1. The zero-order valence-corrected chi connectivity index (χ0v) is 14.8. The minimum atomic E-state index is -0.779. The molecule has 0 amide bonds. The fourth-order valence-corrected chi connectivity index (χ4v) is 3.08. The average Bonchev–Trinajstić information content (AvgIpc) is 2.86. The Morgan fingerprint density at radius 1 is 1.12 bits per heavy atom. The van der Waals surface area contributed by atoms with Gasteiger partial charge >= 0.3 is 0 Å². The Labute approximate surface area is 147 Å². The van der Waals surface area contributed by atoms with Crippen molar-refractivity contribution < 1.29 is 18.7 Å². The number of allylic oxidation sites excluding steroid dienone is 1. The fraction of sp³-hybridized carbons (Fsp3) is 0.286. The van der Waals surface area contributed by atoms with Crippen LogP contribution in [-0.2, 0) is 4.79 Å². The van der Waals surface area contributed by atoms with Gasteiger partial charge < -0.3 is 9.47 Å². The van der Waals surface area contributed by atoms with Gasteiger partial charge in [0.05, 0.1) is 0 Å².